The summed E-state index contributed by atoms with van der Waals surface area (Å²) in [7, 11) is 0. The molecule has 0 radical (unpaired) electrons. The van der Waals surface area contributed by atoms with E-state index in [-0.39, 0.29) is 13.0 Å². The maximum absolute atomic E-state index is 12.0. The zero-order valence-corrected chi connectivity index (χ0v) is 5.82. The maximum Gasteiger partial charge on any atom is 0.298 e. The molecule has 0 spiro atoms. The second-order valence-electron chi connectivity index (χ2n) is 1.95. The van der Waals surface area contributed by atoms with Crippen molar-refractivity contribution in [2.75, 3.05) is 19.9 Å². The van der Waals surface area contributed by atoms with E-state index < -0.39 is 19.2 Å². The van der Waals surface area contributed by atoms with Crippen LogP contribution >= 0.6 is 0 Å². The molecule has 5 heteroatoms. The van der Waals surface area contributed by atoms with Crippen molar-refractivity contribution >= 4 is 0 Å². The molecule has 0 heterocycles. The Hall–Kier alpha value is -0.760. The Balaban J connectivity index is 3.32. The molecule has 0 aromatic carbocycles. The highest BCUT2D eigenvalue weighted by atomic mass is 19.3. The fraction of sp³-hybridized carbons (Fsp3) is 0.833. The lowest BCUT2D eigenvalue weighted by molar-refractivity contribution is -0.0891. The van der Waals surface area contributed by atoms with Crippen molar-refractivity contribution in [3.05, 3.63) is 0 Å². The Labute approximate surface area is 62.6 Å². The molecule has 0 aromatic rings. The lowest BCUT2D eigenvalue weighted by Gasteiger charge is -2.10. The van der Waals surface area contributed by atoms with Crippen LogP contribution in [-0.4, -0.2) is 25.8 Å². The SMILES string of the molecule is N#CCCOCC(F)(F)CF. The maximum atomic E-state index is 12.0. The highest BCUT2D eigenvalue weighted by Crippen LogP contribution is 2.13. The average molecular weight is 167 g/mol. The van der Waals surface area contributed by atoms with E-state index in [1.807, 2.05) is 0 Å². The van der Waals surface area contributed by atoms with Gasteiger partial charge in [0.25, 0.3) is 5.92 Å². The van der Waals surface area contributed by atoms with Crippen molar-refractivity contribution < 1.29 is 17.9 Å². The number of halogens is 3. The number of hydrogen-bond acceptors (Lipinski definition) is 2. The molecule has 0 aliphatic heterocycles. The third-order valence-electron chi connectivity index (χ3n) is 0.867. The van der Waals surface area contributed by atoms with Crippen molar-refractivity contribution in [1.29, 1.82) is 5.26 Å². The molecule has 0 N–H and O–H groups in total. The van der Waals surface area contributed by atoms with Gasteiger partial charge in [0, 0.05) is 0 Å². The Bertz CT molecular complexity index is 143. The molecule has 0 aliphatic rings. The van der Waals surface area contributed by atoms with Gasteiger partial charge in [-0.15, -0.1) is 0 Å². The molecule has 0 saturated heterocycles. The van der Waals surface area contributed by atoms with Crippen LogP contribution in [-0.2, 0) is 4.74 Å². The molecule has 0 saturated carbocycles. The van der Waals surface area contributed by atoms with Gasteiger partial charge in [-0.05, 0) is 0 Å². The molecular weight excluding hydrogens is 159 g/mol. The highest BCUT2D eigenvalue weighted by Gasteiger charge is 2.28. The number of nitriles is 1. The number of ether oxygens (including phenoxy) is 1. The van der Waals surface area contributed by atoms with E-state index in [4.69, 9.17) is 5.26 Å². The molecule has 0 bridgehead atoms. The molecule has 0 unspecified atom stereocenters. The molecule has 0 amide bonds. The van der Waals surface area contributed by atoms with E-state index in [1.54, 1.807) is 6.07 Å². The minimum atomic E-state index is -3.41. The molecule has 11 heavy (non-hydrogen) atoms. The summed E-state index contributed by atoms with van der Waals surface area (Å²) >= 11 is 0. The largest absolute Gasteiger partial charge is 0.374 e. The van der Waals surface area contributed by atoms with Crippen LogP contribution in [0.5, 0.6) is 0 Å². The van der Waals surface area contributed by atoms with E-state index in [9.17, 15) is 13.2 Å². The van der Waals surface area contributed by atoms with Crippen molar-refractivity contribution in [2.24, 2.45) is 0 Å². The van der Waals surface area contributed by atoms with Gasteiger partial charge < -0.3 is 4.74 Å². The van der Waals surface area contributed by atoms with Crippen LogP contribution in [0.4, 0.5) is 13.2 Å². The summed E-state index contributed by atoms with van der Waals surface area (Å²) in [6, 6.07) is 1.71. The van der Waals surface area contributed by atoms with Crippen LogP contribution in [0.1, 0.15) is 6.42 Å². The fourth-order valence-corrected chi connectivity index (χ4v) is 0.378. The quantitative estimate of drug-likeness (QED) is 0.581. The molecule has 0 aromatic heterocycles. The van der Waals surface area contributed by atoms with Crippen LogP contribution in [0.3, 0.4) is 0 Å². The summed E-state index contributed by atoms with van der Waals surface area (Å²) in [5.74, 6) is -3.41. The van der Waals surface area contributed by atoms with Gasteiger partial charge in [-0.3, -0.25) is 0 Å². The van der Waals surface area contributed by atoms with Crippen LogP contribution in [0.2, 0.25) is 0 Å². The lowest BCUT2D eigenvalue weighted by atomic mass is 10.4. The molecule has 0 aliphatic carbocycles. The molecule has 0 fully saturated rings. The topological polar surface area (TPSA) is 33.0 Å². The van der Waals surface area contributed by atoms with Gasteiger partial charge in [-0.1, -0.05) is 0 Å². The van der Waals surface area contributed by atoms with Gasteiger partial charge in [-0.2, -0.15) is 5.26 Å². The fourth-order valence-electron chi connectivity index (χ4n) is 0.378. The summed E-state index contributed by atoms with van der Waals surface area (Å²) in [6.45, 7) is -2.75. The summed E-state index contributed by atoms with van der Waals surface area (Å²) in [4.78, 5) is 0. The molecule has 0 atom stereocenters. The monoisotopic (exact) mass is 167 g/mol. The summed E-state index contributed by atoms with van der Waals surface area (Å²) in [6.07, 6.45) is 0.0440. The van der Waals surface area contributed by atoms with Crippen LogP contribution in [0.25, 0.3) is 0 Å². The van der Waals surface area contributed by atoms with Gasteiger partial charge in [0.2, 0.25) is 0 Å². The molecule has 64 valence electrons. The zero-order valence-electron chi connectivity index (χ0n) is 5.82. The predicted octanol–water partition coefficient (Wildman–Crippen LogP) is 1.52. The van der Waals surface area contributed by atoms with E-state index in [1.165, 1.54) is 0 Å². The first-order chi connectivity index (χ1) is 5.12. The third-order valence-corrected chi connectivity index (χ3v) is 0.867. The molecule has 0 rings (SSSR count). The first kappa shape index (κ1) is 10.2. The van der Waals surface area contributed by atoms with Crippen molar-refractivity contribution in [3.63, 3.8) is 0 Å². The van der Waals surface area contributed by atoms with Crippen LogP contribution in [0, 0.1) is 11.3 Å². The smallest absolute Gasteiger partial charge is 0.298 e. The standard InChI is InChI=1S/C6H8F3NO/c7-4-6(8,9)5-11-3-1-2-10/h1,3-5H2. The first-order valence-electron chi connectivity index (χ1n) is 3.01. The average Bonchev–Trinajstić information content (AvgIpc) is 1.99. The van der Waals surface area contributed by atoms with Gasteiger partial charge in [0.1, 0.15) is 6.61 Å². The van der Waals surface area contributed by atoms with Crippen LogP contribution in [0.15, 0.2) is 0 Å². The summed E-state index contributed by atoms with van der Waals surface area (Å²) < 4.78 is 39.7. The Morgan fingerprint density at radius 3 is 2.55 bits per heavy atom. The number of nitrogens with zero attached hydrogens (tertiary/aromatic N) is 1. The number of rotatable bonds is 5. The normalized spacial score (nSPS) is 11.1. The van der Waals surface area contributed by atoms with Gasteiger partial charge >= 0.3 is 0 Å². The van der Waals surface area contributed by atoms with Gasteiger partial charge in [0.15, 0.2) is 6.67 Å². The second-order valence-corrected chi connectivity index (χ2v) is 1.95. The van der Waals surface area contributed by atoms with Crippen molar-refractivity contribution in [2.45, 2.75) is 12.3 Å². The number of hydrogen-bond donors (Lipinski definition) is 0. The van der Waals surface area contributed by atoms with E-state index in [0.29, 0.717) is 0 Å². The minimum absolute atomic E-state index is 0.0440. The molecular formula is C6H8F3NO. The van der Waals surface area contributed by atoms with Crippen molar-refractivity contribution in [1.82, 2.24) is 0 Å². The van der Waals surface area contributed by atoms with Gasteiger partial charge in [-0.25, -0.2) is 13.2 Å². The Kier molecular flexibility index (Phi) is 4.62. The van der Waals surface area contributed by atoms with Crippen molar-refractivity contribution in [3.8, 4) is 6.07 Å². The lowest BCUT2D eigenvalue weighted by Crippen LogP contribution is -2.26. The highest BCUT2D eigenvalue weighted by molar-refractivity contribution is 4.68. The first-order valence-corrected chi connectivity index (χ1v) is 3.01. The molecule has 2 nitrogen and oxygen atoms in total. The zero-order chi connectivity index (χ0) is 8.74. The van der Waals surface area contributed by atoms with Crippen LogP contribution < -0.4 is 0 Å². The van der Waals surface area contributed by atoms with E-state index in [2.05, 4.69) is 4.74 Å². The second kappa shape index (κ2) is 4.97. The summed E-state index contributed by atoms with van der Waals surface area (Å²) in [5.41, 5.74) is 0. The number of alkyl halides is 3. The van der Waals surface area contributed by atoms with Gasteiger partial charge in [0.05, 0.1) is 19.1 Å². The minimum Gasteiger partial charge on any atom is -0.374 e. The predicted molar refractivity (Wildman–Crippen MR) is 32.0 cm³/mol. The summed E-state index contributed by atoms with van der Waals surface area (Å²) in [5, 5.41) is 7.96. The van der Waals surface area contributed by atoms with E-state index in [0.717, 1.165) is 0 Å². The third kappa shape index (κ3) is 5.67. The Morgan fingerprint density at radius 2 is 2.09 bits per heavy atom. The van der Waals surface area contributed by atoms with E-state index >= 15 is 0 Å². The Morgan fingerprint density at radius 1 is 1.45 bits per heavy atom.